The summed E-state index contributed by atoms with van der Waals surface area (Å²) in [7, 11) is 0. The lowest BCUT2D eigenvalue weighted by Gasteiger charge is -2.10. The van der Waals surface area contributed by atoms with Crippen molar-refractivity contribution >= 4 is 11.7 Å². The molecule has 0 aliphatic carbocycles. The van der Waals surface area contributed by atoms with Crippen LogP contribution in [0, 0.1) is 0 Å². The number of anilines is 1. The fourth-order valence-electron chi connectivity index (χ4n) is 2.22. The van der Waals surface area contributed by atoms with Gasteiger partial charge >= 0.3 is 12.2 Å². The maximum Gasteiger partial charge on any atom is 0.416 e. The molecule has 2 aromatic rings. The summed E-state index contributed by atoms with van der Waals surface area (Å²) in [4.78, 5) is 11.7. The summed E-state index contributed by atoms with van der Waals surface area (Å²) in [5.74, 6) is 1.81. The lowest BCUT2D eigenvalue weighted by molar-refractivity contribution is -0.137. The van der Waals surface area contributed by atoms with E-state index < -0.39 is 17.8 Å². The van der Waals surface area contributed by atoms with Gasteiger partial charge in [0.05, 0.1) is 12.1 Å². The van der Waals surface area contributed by atoms with E-state index in [1.54, 1.807) is 18.2 Å². The van der Waals surface area contributed by atoms with Crippen LogP contribution in [0.1, 0.15) is 5.56 Å². The van der Waals surface area contributed by atoms with E-state index in [0.717, 1.165) is 12.1 Å². The van der Waals surface area contributed by atoms with E-state index in [-0.39, 0.29) is 25.6 Å². The summed E-state index contributed by atoms with van der Waals surface area (Å²) in [6, 6.07) is 8.76. The van der Waals surface area contributed by atoms with Crippen LogP contribution in [0.4, 0.5) is 23.7 Å². The molecule has 2 N–H and O–H groups in total. The molecular weight excluding hydrogens is 353 g/mol. The molecule has 9 heteroatoms. The van der Waals surface area contributed by atoms with Gasteiger partial charge in [0.1, 0.15) is 12.4 Å². The number of carbonyl (C=O) groups is 1. The van der Waals surface area contributed by atoms with Gasteiger partial charge in [0.2, 0.25) is 6.79 Å². The number of benzene rings is 2. The quantitative estimate of drug-likeness (QED) is 0.791. The van der Waals surface area contributed by atoms with E-state index in [1.165, 1.54) is 12.1 Å². The number of hydrogen-bond donors (Lipinski definition) is 2. The first-order chi connectivity index (χ1) is 12.4. The Morgan fingerprint density at radius 2 is 1.81 bits per heavy atom. The van der Waals surface area contributed by atoms with Crippen LogP contribution < -0.4 is 24.8 Å². The van der Waals surface area contributed by atoms with Gasteiger partial charge in [0, 0.05) is 11.8 Å². The van der Waals surface area contributed by atoms with Crippen LogP contribution in [0.25, 0.3) is 0 Å². The molecule has 0 radical (unpaired) electrons. The number of hydrogen-bond acceptors (Lipinski definition) is 4. The summed E-state index contributed by atoms with van der Waals surface area (Å²) < 4.78 is 53.3. The molecular formula is C17H15F3N2O4. The molecule has 0 bridgehead atoms. The zero-order valence-corrected chi connectivity index (χ0v) is 13.4. The van der Waals surface area contributed by atoms with E-state index in [0.29, 0.717) is 17.2 Å². The maximum atomic E-state index is 12.5. The van der Waals surface area contributed by atoms with Gasteiger partial charge in [-0.05, 0) is 36.4 Å². The number of amides is 2. The molecule has 0 saturated carbocycles. The smallest absolute Gasteiger partial charge is 0.416 e. The lowest BCUT2D eigenvalue weighted by atomic mass is 10.2. The third kappa shape index (κ3) is 4.50. The predicted molar refractivity (Wildman–Crippen MR) is 86.5 cm³/mol. The number of carbonyl (C=O) groups excluding carboxylic acids is 1. The number of halogens is 3. The van der Waals surface area contributed by atoms with Crippen molar-refractivity contribution in [2.24, 2.45) is 0 Å². The van der Waals surface area contributed by atoms with E-state index in [9.17, 15) is 18.0 Å². The van der Waals surface area contributed by atoms with Gasteiger partial charge in [-0.15, -0.1) is 0 Å². The second-order valence-corrected chi connectivity index (χ2v) is 5.32. The Morgan fingerprint density at radius 3 is 2.54 bits per heavy atom. The van der Waals surface area contributed by atoms with E-state index >= 15 is 0 Å². The van der Waals surface area contributed by atoms with Crippen molar-refractivity contribution in [1.29, 1.82) is 0 Å². The van der Waals surface area contributed by atoms with Gasteiger partial charge in [-0.3, -0.25) is 0 Å². The minimum atomic E-state index is -4.41. The Kier molecular flexibility index (Phi) is 5.06. The third-order valence-corrected chi connectivity index (χ3v) is 3.47. The van der Waals surface area contributed by atoms with Crippen molar-refractivity contribution in [1.82, 2.24) is 5.32 Å². The fourth-order valence-corrected chi connectivity index (χ4v) is 2.22. The molecule has 26 heavy (non-hydrogen) atoms. The Balaban J connectivity index is 1.40. The van der Waals surface area contributed by atoms with Crippen molar-refractivity contribution in [3.63, 3.8) is 0 Å². The molecule has 1 aliphatic heterocycles. The summed E-state index contributed by atoms with van der Waals surface area (Å²) >= 11 is 0. The highest BCUT2D eigenvalue weighted by Crippen LogP contribution is 2.35. The summed E-state index contributed by atoms with van der Waals surface area (Å²) in [5.41, 5.74) is -0.521. The molecule has 0 aromatic heterocycles. The highest BCUT2D eigenvalue weighted by Gasteiger charge is 2.29. The van der Waals surface area contributed by atoms with Crippen LogP contribution in [0.5, 0.6) is 17.2 Å². The second kappa shape index (κ2) is 7.42. The van der Waals surface area contributed by atoms with Crippen molar-refractivity contribution in [2.45, 2.75) is 6.18 Å². The summed E-state index contributed by atoms with van der Waals surface area (Å²) in [6.45, 7) is 0.589. The molecule has 2 aromatic carbocycles. The standard InChI is InChI=1S/C17H15F3N2O4/c18-17(19,20)11-1-3-12(4-2-11)22-16(23)21-7-8-24-13-5-6-14-15(9-13)26-10-25-14/h1-6,9H,7-8,10H2,(H2,21,22,23). The van der Waals surface area contributed by atoms with Crippen molar-refractivity contribution in [2.75, 3.05) is 25.3 Å². The molecule has 1 aliphatic rings. The second-order valence-electron chi connectivity index (χ2n) is 5.32. The van der Waals surface area contributed by atoms with Crippen LogP contribution >= 0.6 is 0 Å². The molecule has 3 rings (SSSR count). The van der Waals surface area contributed by atoms with Gasteiger partial charge < -0.3 is 24.8 Å². The molecule has 0 atom stereocenters. The Labute approximate surface area is 146 Å². The molecule has 2 amide bonds. The van der Waals surface area contributed by atoms with Gasteiger partial charge in [-0.1, -0.05) is 0 Å². The topological polar surface area (TPSA) is 68.8 Å². The molecule has 0 saturated heterocycles. The minimum absolute atomic E-state index is 0.171. The number of rotatable bonds is 5. The Morgan fingerprint density at radius 1 is 1.08 bits per heavy atom. The summed E-state index contributed by atoms with van der Waals surface area (Å²) in [5, 5.41) is 4.99. The van der Waals surface area contributed by atoms with Crippen molar-refractivity contribution in [3.05, 3.63) is 48.0 Å². The maximum absolute atomic E-state index is 12.5. The van der Waals surface area contributed by atoms with E-state index in [1.807, 2.05) is 0 Å². The average Bonchev–Trinajstić information content (AvgIpc) is 3.06. The van der Waals surface area contributed by atoms with Gasteiger partial charge in [-0.25, -0.2) is 4.79 Å². The summed E-state index contributed by atoms with van der Waals surface area (Å²) in [6.07, 6.45) is -4.41. The largest absolute Gasteiger partial charge is 0.492 e. The van der Waals surface area contributed by atoms with E-state index in [2.05, 4.69) is 10.6 Å². The Bertz CT molecular complexity index is 779. The highest BCUT2D eigenvalue weighted by molar-refractivity contribution is 5.89. The predicted octanol–water partition coefficient (Wildman–Crippen LogP) is 3.63. The van der Waals surface area contributed by atoms with Gasteiger partial charge in [0.15, 0.2) is 11.5 Å². The number of fused-ring (bicyclic) bond motifs is 1. The number of nitrogens with one attached hydrogen (secondary N) is 2. The molecule has 0 spiro atoms. The molecule has 0 unspecified atom stereocenters. The first-order valence-corrected chi connectivity index (χ1v) is 7.66. The average molecular weight is 368 g/mol. The molecule has 138 valence electrons. The lowest BCUT2D eigenvalue weighted by Crippen LogP contribution is -2.32. The van der Waals surface area contributed by atoms with Crippen LogP contribution in [-0.2, 0) is 6.18 Å². The van der Waals surface area contributed by atoms with Crippen LogP contribution in [-0.4, -0.2) is 26.0 Å². The Hall–Kier alpha value is -3.10. The van der Waals surface area contributed by atoms with Gasteiger partial charge in [-0.2, -0.15) is 13.2 Å². The van der Waals surface area contributed by atoms with Gasteiger partial charge in [0.25, 0.3) is 0 Å². The zero-order valence-electron chi connectivity index (χ0n) is 13.4. The number of ether oxygens (including phenoxy) is 3. The normalized spacial score (nSPS) is 12.6. The SMILES string of the molecule is O=C(NCCOc1ccc2c(c1)OCO2)Nc1ccc(C(F)(F)F)cc1. The zero-order chi connectivity index (χ0) is 18.6. The minimum Gasteiger partial charge on any atom is -0.492 e. The van der Waals surface area contributed by atoms with Crippen molar-refractivity contribution in [3.8, 4) is 17.2 Å². The first-order valence-electron chi connectivity index (χ1n) is 7.66. The molecule has 0 fully saturated rings. The highest BCUT2D eigenvalue weighted by atomic mass is 19.4. The van der Waals surface area contributed by atoms with Crippen LogP contribution in [0.2, 0.25) is 0 Å². The fraction of sp³-hybridized carbons (Fsp3) is 0.235. The molecule has 6 nitrogen and oxygen atoms in total. The molecule has 1 heterocycles. The number of alkyl halides is 3. The van der Waals surface area contributed by atoms with E-state index in [4.69, 9.17) is 14.2 Å². The van der Waals surface area contributed by atoms with Crippen LogP contribution in [0.3, 0.4) is 0 Å². The first kappa shape index (κ1) is 17.7. The monoisotopic (exact) mass is 368 g/mol. The number of urea groups is 1. The third-order valence-electron chi connectivity index (χ3n) is 3.47. The van der Waals surface area contributed by atoms with Crippen LogP contribution in [0.15, 0.2) is 42.5 Å². The van der Waals surface area contributed by atoms with Crippen molar-refractivity contribution < 1.29 is 32.2 Å².